The number of hydrogen-bond acceptors (Lipinski definition) is 3. The Morgan fingerprint density at radius 3 is 2.88 bits per heavy atom. The summed E-state index contributed by atoms with van der Waals surface area (Å²) in [6, 6.07) is 0. The summed E-state index contributed by atoms with van der Waals surface area (Å²) in [5.41, 5.74) is 7.68. The number of amides is 1. The number of aromatic amines is 1. The van der Waals surface area contributed by atoms with Crippen LogP contribution in [0.15, 0.2) is 0 Å². The molecule has 0 bridgehead atoms. The molecule has 1 fully saturated rings. The topological polar surface area (TPSA) is 83.8 Å². The predicted octanol–water partition coefficient (Wildman–Crippen LogP) is 1.34. The zero-order valence-electron chi connectivity index (χ0n) is 10.4. The van der Waals surface area contributed by atoms with E-state index in [0.717, 1.165) is 30.5 Å². The zero-order valence-corrected chi connectivity index (χ0v) is 10.4. The minimum Gasteiger partial charge on any atom is -0.330 e. The Kier molecular flexibility index (Phi) is 3.47. The number of hydrogen-bond donors (Lipinski definition) is 3. The number of aryl methyl sites for hydroxylation is 1. The molecule has 0 aliphatic heterocycles. The molecule has 17 heavy (non-hydrogen) atoms. The van der Waals surface area contributed by atoms with Gasteiger partial charge in [0.25, 0.3) is 0 Å². The number of carbonyl (C=O) groups is 1. The standard InChI is InChI=1S/C12H20N4O/c1-7-8(2)15-16-11(7)14-12(17)10-5-3-4-9(10)6-13/h9-10H,3-6,13H2,1-2H3,(H2,14,15,16,17). The molecule has 2 rings (SSSR count). The van der Waals surface area contributed by atoms with Gasteiger partial charge < -0.3 is 11.1 Å². The van der Waals surface area contributed by atoms with Crippen LogP contribution in [0.25, 0.3) is 0 Å². The van der Waals surface area contributed by atoms with Crippen molar-refractivity contribution in [2.75, 3.05) is 11.9 Å². The van der Waals surface area contributed by atoms with Crippen molar-refractivity contribution in [1.82, 2.24) is 10.2 Å². The first-order valence-corrected chi connectivity index (χ1v) is 6.16. The van der Waals surface area contributed by atoms with Gasteiger partial charge in [-0.15, -0.1) is 0 Å². The molecule has 1 aliphatic rings. The summed E-state index contributed by atoms with van der Waals surface area (Å²) in [4.78, 5) is 12.1. The van der Waals surface area contributed by atoms with Gasteiger partial charge in [-0.05, 0) is 39.2 Å². The monoisotopic (exact) mass is 236 g/mol. The average Bonchev–Trinajstić information content (AvgIpc) is 2.90. The number of nitrogens with zero attached hydrogens (tertiary/aromatic N) is 1. The minimum atomic E-state index is 0.0522. The van der Waals surface area contributed by atoms with E-state index in [9.17, 15) is 4.79 Å². The lowest BCUT2D eigenvalue weighted by atomic mass is 9.95. The van der Waals surface area contributed by atoms with Crippen LogP contribution < -0.4 is 11.1 Å². The highest BCUT2D eigenvalue weighted by Crippen LogP contribution is 2.32. The van der Waals surface area contributed by atoms with E-state index < -0.39 is 0 Å². The molecule has 1 heterocycles. The van der Waals surface area contributed by atoms with E-state index in [-0.39, 0.29) is 11.8 Å². The highest BCUT2D eigenvalue weighted by molar-refractivity contribution is 5.92. The number of carbonyl (C=O) groups excluding carboxylic acids is 1. The Labute approximate surface area is 101 Å². The lowest BCUT2D eigenvalue weighted by molar-refractivity contribution is -0.120. The summed E-state index contributed by atoms with van der Waals surface area (Å²) < 4.78 is 0. The first kappa shape index (κ1) is 12.1. The SMILES string of the molecule is Cc1[nH]nc(NC(=O)C2CCCC2CN)c1C. The molecule has 0 saturated heterocycles. The molecule has 5 heteroatoms. The molecule has 0 aromatic carbocycles. The van der Waals surface area contributed by atoms with Crippen LogP contribution >= 0.6 is 0 Å². The van der Waals surface area contributed by atoms with Crippen molar-refractivity contribution in [3.8, 4) is 0 Å². The molecule has 1 aromatic rings. The predicted molar refractivity (Wildman–Crippen MR) is 66.6 cm³/mol. The van der Waals surface area contributed by atoms with E-state index in [2.05, 4.69) is 15.5 Å². The normalized spacial score (nSPS) is 23.9. The van der Waals surface area contributed by atoms with E-state index in [1.807, 2.05) is 13.8 Å². The van der Waals surface area contributed by atoms with Crippen LogP contribution in [0.4, 0.5) is 5.82 Å². The van der Waals surface area contributed by atoms with Crippen LogP contribution in [-0.4, -0.2) is 22.6 Å². The highest BCUT2D eigenvalue weighted by atomic mass is 16.2. The van der Waals surface area contributed by atoms with Gasteiger partial charge in [0.2, 0.25) is 5.91 Å². The number of anilines is 1. The van der Waals surface area contributed by atoms with E-state index in [1.165, 1.54) is 0 Å². The summed E-state index contributed by atoms with van der Waals surface area (Å²) in [7, 11) is 0. The van der Waals surface area contributed by atoms with Crippen LogP contribution in [0.2, 0.25) is 0 Å². The summed E-state index contributed by atoms with van der Waals surface area (Å²) >= 11 is 0. The summed E-state index contributed by atoms with van der Waals surface area (Å²) in [6.07, 6.45) is 3.10. The summed E-state index contributed by atoms with van der Waals surface area (Å²) in [5, 5.41) is 9.86. The Hall–Kier alpha value is -1.36. The van der Waals surface area contributed by atoms with Gasteiger partial charge in [-0.2, -0.15) is 5.10 Å². The molecule has 0 spiro atoms. The molecule has 1 aromatic heterocycles. The van der Waals surface area contributed by atoms with Gasteiger partial charge in [0.15, 0.2) is 5.82 Å². The van der Waals surface area contributed by atoms with Gasteiger partial charge in [-0.25, -0.2) is 0 Å². The Balaban J connectivity index is 2.04. The van der Waals surface area contributed by atoms with Crippen molar-refractivity contribution in [2.45, 2.75) is 33.1 Å². The molecular formula is C12H20N4O. The molecule has 1 saturated carbocycles. The number of rotatable bonds is 3. The maximum atomic E-state index is 12.1. The van der Waals surface area contributed by atoms with Gasteiger partial charge in [0.1, 0.15) is 0 Å². The first-order valence-electron chi connectivity index (χ1n) is 6.16. The van der Waals surface area contributed by atoms with E-state index in [4.69, 9.17) is 5.73 Å². The number of aromatic nitrogens is 2. The molecule has 1 aliphatic carbocycles. The largest absolute Gasteiger partial charge is 0.330 e. The van der Waals surface area contributed by atoms with Crippen LogP contribution in [0.1, 0.15) is 30.5 Å². The van der Waals surface area contributed by atoms with Gasteiger partial charge in [0.05, 0.1) is 0 Å². The molecule has 94 valence electrons. The third kappa shape index (κ3) is 2.34. The molecule has 2 atom stereocenters. The maximum absolute atomic E-state index is 12.1. The third-order valence-electron chi connectivity index (χ3n) is 3.79. The number of nitrogens with two attached hydrogens (primary N) is 1. The number of H-pyrrole nitrogens is 1. The highest BCUT2D eigenvalue weighted by Gasteiger charge is 2.32. The first-order chi connectivity index (χ1) is 8.13. The summed E-state index contributed by atoms with van der Waals surface area (Å²) in [6.45, 7) is 4.48. The third-order valence-corrected chi connectivity index (χ3v) is 3.79. The van der Waals surface area contributed by atoms with Crippen molar-refractivity contribution in [2.24, 2.45) is 17.6 Å². The Morgan fingerprint density at radius 1 is 1.53 bits per heavy atom. The zero-order chi connectivity index (χ0) is 12.4. The maximum Gasteiger partial charge on any atom is 0.229 e. The van der Waals surface area contributed by atoms with Crippen molar-refractivity contribution < 1.29 is 4.79 Å². The molecule has 1 amide bonds. The van der Waals surface area contributed by atoms with Gasteiger partial charge >= 0.3 is 0 Å². The van der Waals surface area contributed by atoms with Gasteiger partial charge in [-0.3, -0.25) is 9.89 Å². The second-order valence-corrected chi connectivity index (χ2v) is 4.84. The molecule has 5 nitrogen and oxygen atoms in total. The fourth-order valence-electron chi connectivity index (χ4n) is 2.48. The molecule has 0 radical (unpaired) electrons. The quantitative estimate of drug-likeness (QED) is 0.740. The van der Waals surface area contributed by atoms with Crippen LogP contribution in [-0.2, 0) is 4.79 Å². The van der Waals surface area contributed by atoms with E-state index >= 15 is 0 Å². The fourth-order valence-corrected chi connectivity index (χ4v) is 2.48. The van der Waals surface area contributed by atoms with Crippen LogP contribution in [0.3, 0.4) is 0 Å². The molecular weight excluding hydrogens is 216 g/mol. The molecule has 2 unspecified atom stereocenters. The lowest BCUT2D eigenvalue weighted by Crippen LogP contribution is -2.30. The van der Waals surface area contributed by atoms with Crippen molar-refractivity contribution in [3.63, 3.8) is 0 Å². The number of nitrogens with one attached hydrogen (secondary N) is 2. The summed E-state index contributed by atoms with van der Waals surface area (Å²) in [5.74, 6) is 1.09. The van der Waals surface area contributed by atoms with Crippen molar-refractivity contribution in [1.29, 1.82) is 0 Å². The van der Waals surface area contributed by atoms with Crippen LogP contribution in [0, 0.1) is 25.7 Å². The van der Waals surface area contributed by atoms with E-state index in [0.29, 0.717) is 18.3 Å². The van der Waals surface area contributed by atoms with Crippen molar-refractivity contribution >= 4 is 11.7 Å². The van der Waals surface area contributed by atoms with Gasteiger partial charge in [-0.1, -0.05) is 6.42 Å². The second kappa shape index (κ2) is 4.87. The second-order valence-electron chi connectivity index (χ2n) is 4.84. The Bertz CT molecular complexity index is 413. The Morgan fingerprint density at radius 2 is 2.29 bits per heavy atom. The van der Waals surface area contributed by atoms with Gasteiger partial charge in [0, 0.05) is 17.2 Å². The fraction of sp³-hybridized carbons (Fsp3) is 0.667. The average molecular weight is 236 g/mol. The molecule has 4 N–H and O–H groups in total. The van der Waals surface area contributed by atoms with E-state index in [1.54, 1.807) is 0 Å². The smallest absolute Gasteiger partial charge is 0.229 e. The lowest BCUT2D eigenvalue weighted by Gasteiger charge is -2.16. The minimum absolute atomic E-state index is 0.0522. The van der Waals surface area contributed by atoms with Crippen LogP contribution in [0.5, 0.6) is 0 Å². The van der Waals surface area contributed by atoms with Crippen molar-refractivity contribution in [3.05, 3.63) is 11.3 Å².